The zero-order valence-electron chi connectivity index (χ0n) is 11.6. The third-order valence-corrected chi connectivity index (χ3v) is 3.69. The first-order valence-corrected chi connectivity index (χ1v) is 6.71. The van der Waals surface area contributed by atoms with Gasteiger partial charge < -0.3 is 5.11 Å². The van der Waals surface area contributed by atoms with Crippen LogP contribution in [0.2, 0.25) is 0 Å². The van der Waals surface area contributed by atoms with Crippen molar-refractivity contribution in [2.45, 2.75) is 44.9 Å². The molecule has 0 aliphatic heterocycles. The molecule has 0 spiro atoms. The summed E-state index contributed by atoms with van der Waals surface area (Å²) in [6.07, 6.45) is 2.26. The van der Waals surface area contributed by atoms with Gasteiger partial charge in [0.2, 0.25) is 0 Å². The van der Waals surface area contributed by atoms with Gasteiger partial charge in [-0.15, -0.1) is 0 Å². The summed E-state index contributed by atoms with van der Waals surface area (Å²) in [7, 11) is 0. The standard InChI is InChI=1S/C16H21NO2/c1-13(2)16(12-17,11-7-6-10-15(18)19)14-8-4-3-5-9-14/h3-5,8-9,13H,6-7,10-11H2,1-2H3,(H,18,19)/t16-/m0/s1. The van der Waals surface area contributed by atoms with Gasteiger partial charge >= 0.3 is 5.97 Å². The summed E-state index contributed by atoms with van der Waals surface area (Å²) >= 11 is 0. The third kappa shape index (κ3) is 3.82. The second-order valence-corrected chi connectivity index (χ2v) is 5.20. The Morgan fingerprint density at radius 1 is 1.32 bits per heavy atom. The number of nitriles is 1. The molecule has 1 rings (SSSR count). The lowest BCUT2D eigenvalue weighted by molar-refractivity contribution is -0.137. The molecule has 1 N–H and O–H groups in total. The Labute approximate surface area is 114 Å². The van der Waals surface area contributed by atoms with Gasteiger partial charge in [0.25, 0.3) is 0 Å². The Morgan fingerprint density at radius 3 is 2.42 bits per heavy atom. The Bertz CT molecular complexity index is 448. The van der Waals surface area contributed by atoms with E-state index >= 15 is 0 Å². The highest BCUT2D eigenvalue weighted by molar-refractivity contribution is 5.66. The Hall–Kier alpha value is -1.82. The van der Waals surface area contributed by atoms with Crippen LogP contribution in [0.25, 0.3) is 0 Å². The number of hydrogen-bond donors (Lipinski definition) is 1. The predicted octanol–water partition coefficient (Wildman–Crippen LogP) is 3.75. The van der Waals surface area contributed by atoms with Crippen LogP contribution in [0.5, 0.6) is 0 Å². The average molecular weight is 259 g/mol. The van der Waals surface area contributed by atoms with Crippen LogP contribution < -0.4 is 0 Å². The summed E-state index contributed by atoms with van der Waals surface area (Å²) in [5.41, 5.74) is 0.516. The number of nitrogens with zero attached hydrogens (tertiary/aromatic N) is 1. The number of carboxylic acid groups (broad SMARTS) is 1. The SMILES string of the molecule is CC(C)[C@@](C#N)(CCCCC(=O)O)c1ccccc1. The summed E-state index contributed by atoms with van der Waals surface area (Å²) < 4.78 is 0. The molecule has 0 bridgehead atoms. The zero-order chi connectivity index (χ0) is 14.3. The summed E-state index contributed by atoms with van der Waals surface area (Å²) in [5, 5.41) is 18.3. The van der Waals surface area contributed by atoms with Crippen LogP contribution in [-0.4, -0.2) is 11.1 Å². The van der Waals surface area contributed by atoms with Gasteiger partial charge in [-0.1, -0.05) is 50.6 Å². The van der Waals surface area contributed by atoms with Gasteiger partial charge in [-0.3, -0.25) is 4.79 Å². The molecule has 0 aromatic heterocycles. The van der Waals surface area contributed by atoms with Crippen molar-refractivity contribution in [3.63, 3.8) is 0 Å². The molecule has 0 unspecified atom stereocenters. The van der Waals surface area contributed by atoms with Crippen LogP contribution in [0, 0.1) is 17.2 Å². The second kappa shape index (κ2) is 6.94. The van der Waals surface area contributed by atoms with E-state index in [-0.39, 0.29) is 12.3 Å². The van der Waals surface area contributed by atoms with Crippen LogP contribution in [-0.2, 0) is 10.2 Å². The fourth-order valence-corrected chi connectivity index (χ4v) is 2.43. The highest BCUT2D eigenvalue weighted by Gasteiger charge is 2.35. The number of hydrogen-bond acceptors (Lipinski definition) is 2. The molecule has 3 heteroatoms. The van der Waals surface area contributed by atoms with Crippen molar-refractivity contribution >= 4 is 5.97 Å². The molecule has 0 amide bonds. The van der Waals surface area contributed by atoms with Crippen LogP contribution in [0.15, 0.2) is 30.3 Å². The predicted molar refractivity (Wildman–Crippen MR) is 74.7 cm³/mol. The Morgan fingerprint density at radius 2 is 1.95 bits per heavy atom. The number of unbranched alkanes of at least 4 members (excludes halogenated alkanes) is 1. The molecule has 19 heavy (non-hydrogen) atoms. The summed E-state index contributed by atoms with van der Waals surface area (Å²) in [4.78, 5) is 10.5. The van der Waals surface area contributed by atoms with Crippen LogP contribution >= 0.6 is 0 Å². The quantitative estimate of drug-likeness (QED) is 0.758. The van der Waals surface area contributed by atoms with Crippen molar-refractivity contribution in [1.29, 1.82) is 5.26 Å². The summed E-state index contributed by atoms with van der Waals surface area (Å²) in [6.45, 7) is 4.10. The lowest BCUT2D eigenvalue weighted by atomic mass is 9.69. The van der Waals surface area contributed by atoms with Crippen molar-refractivity contribution in [1.82, 2.24) is 0 Å². The summed E-state index contributed by atoms with van der Waals surface area (Å²) in [6, 6.07) is 12.3. The van der Waals surface area contributed by atoms with Gasteiger partial charge in [-0.2, -0.15) is 5.26 Å². The molecular formula is C16H21NO2. The molecule has 102 valence electrons. The fourth-order valence-electron chi connectivity index (χ4n) is 2.43. The molecule has 0 radical (unpaired) electrons. The van der Waals surface area contributed by atoms with E-state index in [4.69, 9.17) is 5.11 Å². The maximum atomic E-state index is 10.5. The molecule has 0 heterocycles. The molecule has 3 nitrogen and oxygen atoms in total. The minimum atomic E-state index is -0.771. The number of aliphatic carboxylic acids is 1. The van der Waals surface area contributed by atoms with Crippen LogP contribution in [0.1, 0.15) is 45.1 Å². The smallest absolute Gasteiger partial charge is 0.303 e. The molecule has 0 fully saturated rings. The van der Waals surface area contributed by atoms with E-state index in [1.807, 2.05) is 44.2 Å². The molecule has 0 saturated carbocycles. The van der Waals surface area contributed by atoms with Crippen molar-refractivity contribution in [2.75, 3.05) is 0 Å². The molecule has 1 atom stereocenters. The van der Waals surface area contributed by atoms with Crippen molar-refractivity contribution in [3.8, 4) is 6.07 Å². The molecule has 0 saturated heterocycles. The zero-order valence-corrected chi connectivity index (χ0v) is 11.6. The van der Waals surface area contributed by atoms with E-state index in [0.29, 0.717) is 12.8 Å². The highest BCUT2D eigenvalue weighted by atomic mass is 16.4. The molecule has 0 aliphatic rings. The van der Waals surface area contributed by atoms with Crippen molar-refractivity contribution in [2.24, 2.45) is 5.92 Å². The molecule has 0 aliphatic carbocycles. The molecule has 1 aromatic carbocycles. The van der Waals surface area contributed by atoms with E-state index < -0.39 is 11.4 Å². The number of carboxylic acids is 1. The number of rotatable bonds is 7. The normalized spacial score (nSPS) is 13.8. The summed E-state index contributed by atoms with van der Waals surface area (Å²) in [5.74, 6) is -0.573. The van der Waals surface area contributed by atoms with Gasteiger partial charge in [0, 0.05) is 6.42 Å². The van der Waals surface area contributed by atoms with Gasteiger partial charge in [0.1, 0.15) is 0 Å². The largest absolute Gasteiger partial charge is 0.481 e. The molecule has 1 aromatic rings. The van der Waals surface area contributed by atoms with Gasteiger partial charge in [-0.05, 0) is 24.3 Å². The monoisotopic (exact) mass is 259 g/mol. The Balaban J connectivity index is 2.83. The average Bonchev–Trinajstić information content (AvgIpc) is 2.39. The fraction of sp³-hybridized carbons (Fsp3) is 0.500. The lowest BCUT2D eigenvalue weighted by Crippen LogP contribution is -2.30. The molecular weight excluding hydrogens is 238 g/mol. The lowest BCUT2D eigenvalue weighted by Gasteiger charge is -2.31. The first-order valence-electron chi connectivity index (χ1n) is 6.71. The van der Waals surface area contributed by atoms with E-state index in [2.05, 4.69) is 6.07 Å². The van der Waals surface area contributed by atoms with Gasteiger partial charge in [0.15, 0.2) is 0 Å². The van der Waals surface area contributed by atoms with Crippen LogP contribution in [0.3, 0.4) is 0 Å². The van der Waals surface area contributed by atoms with E-state index in [1.54, 1.807) is 0 Å². The van der Waals surface area contributed by atoms with Crippen LogP contribution in [0.4, 0.5) is 0 Å². The van der Waals surface area contributed by atoms with Gasteiger partial charge in [0.05, 0.1) is 11.5 Å². The van der Waals surface area contributed by atoms with E-state index in [0.717, 1.165) is 12.0 Å². The second-order valence-electron chi connectivity index (χ2n) is 5.20. The van der Waals surface area contributed by atoms with Crippen molar-refractivity contribution in [3.05, 3.63) is 35.9 Å². The maximum absolute atomic E-state index is 10.5. The first-order chi connectivity index (χ1) is 9.03. The van der Waals surface area contributed by atoms with Gasteiger partial charge in [-0.25, -0.2) is 0 Å². The minimum Gasteiger partial charge on any atom is -0.481 e. The third-order valence-electron chi connectivity index (χ3n) is 3.69. The van der Waals surface area contributed by atoms with E-state index in [1.165, 1.54) is 0 Å². The Kier molecular flexibility index (Phi) is 5.57. The highest BCUT2D eigenvalue weighted by Crippen LogP contribution is 2.36. The minimum absolute atomic E-state index is 0.175. The number of benzene rings is 1. The van der Waals surface area contributed by atoms with Crippen molar-refractivity contribution < 1.29 is 9.90 Å². The topological polar surface area (TPSA) is 61.1 Å². The van der Waals surface area contributed by atoms with E-state index in [9.17, 15) is 10.1 Å². The maximum Gasteiger partial charge on any atom is 0.303 e. The number of carbonyl (C=O) groups is 1. The first kappa shape index (κ1) is 15.2.